The summed E-state index contributed by atoms with van der Waals surface area (Å²) in [4.78, 5) is 26.9. The molecule has 2 heterocycles. The van der Waals surface area contributed by atoms with Crippen LogP contribution in [0.1, 0.15) is 11.1 Å². The maximum Gasteiger partial charge on any atom is 0.263 e. The van der Waals surface area contributed by atoms with E-state index in [4.69, 9.17) is 16.3 Å². The standard InChI is InChI=1S/C19H17ClN4O3/c1-11-4-3-5-12(8-11)10-23-17-16(21-22-23)18(25)24(19(17)26)13-6-7-15(27-2)14(20)9-13/h3-9,16-17H,10H2,1-2H3/t16-,17+/m1/s1. The predicted molar refractivity (Wildman–Crippen MR) is 99.7 cm³/mol. The summed E-state index contributed by atoms with van der Waals surface area (Å²) in [6.45, 7) is 2.40. The summed E-state index contributed by atoms with van der Waals surface area (Å²) in [5.74, 6) is -0.286. The Morgan fingerprint density at radius 1 is 1.15 bits per heavy atom. The van der Waals surface area contributed by atoms with Gasteiger partial charge in [-0.1, -0.05) is 46.7 Å². The minimum Gasteiger partial charge on any atom is -0.495 e. The fourth-order valence-corrected chi connectivity index (χ4v) is 3.65. The van der Waals surface area contributed by atoms with Crippen LogP contribution in [0.25, 0.3) is 0 Å². The summed E-state index contributed by atoms with van der Waals surface area (Å²) in [5.41, 5.74) is 2.51. The van der Waals surface area contributed by atoms with Gasteiger partial charge >= 0.3 is 0 Å². The first-order valence-electron chi connectivity index (χ1n) is 8.44. The number of fused-ring (bicyclic) bond motifs is 1. The third-order valence-corrected chi connectivity index (χ3v) is 4.97. The van der Waals surface area contributed by atoms with E-state index in [1.165, 1.54) is 7.11 Å². The van der Waals surface area contributed by atoms with Crippen molar-refractivity contribution in [3.63, 3.8) is 0 Å². The first kappa shape index (κ1) is 17.5. The Labute approximate surface area is 161 Å². The molecular formula is C19H17ClN4O3. The van der Waals surface area contributed by atoms with Gasteiger partial charge in [-0.15, -0.1) is 0 Å². The number of carbonyl (C=O) groups is 2. The van der Waals surface area contributed by atoms with Crippen molar-refractivity contribution in [3.05, 3.63) is 58.6 Å². The molecule has 2 atom stereocenters. The highest BCUT2D eigenvalue weighted by Gasteiger charge is 2.54. The lowest BCUT2D eigenvalue weighted by Crippen LogP contribution is -2.39. The highest BCUT2D eigenvalue weighted by atomic mass is 35.5. The summed E-state index contributed by atoms with van der Waals surface area (Å²) in [6.07, 6.45) is 0. The van der Waals surface area contributed by atoms with Crippen molar-refractivity contribution in [1.82, 2.24) is 5.01 Å². The monoisotopic (exact) mass is 384 g/mol. The van der Waals surface area contributed by atoms with Gasteiger partial charge in [-0.2, -0.15) is 5.11 Å². The molecule has 0 unspecified atom stereocenters. The molecule has 7 nitrogen and oxygen atoms in total. The number of anilines is 1. The molecule has 2 aromatic carbocycles. The van der Waals surface area contributed by atoms with Crippen molar-refractivity contribution in [1.29, 1.82) is 0 Å². The Morgan fingerprint density at radius 3 is 2.67 bits per heavy atom. The Hall–Kier alpha value is -2.93. The molecule has 0 spiro atoms. The van der Waals surface area contributed by atoms with E-state index in [2.05, 4.69) is 10.3 Å². The Bertz CT molecular complexity index is 962. The zero-order valence-corrected chi connectivity index (χ0v) is 15.6. The van der Waals surface area contributed by atoms with Gasteiger partial charge in [0.05, 0.1) is 24.4 Å². The second kappa shape index (κ2) is 6.66. The molecule has 4 rings (SSSR count). The molecular weight excluding hydrogens is 368 g/mol. The highest BCUT2D eigenvalue weighted by Crippen LogP contribution is 2.35. The number of carbonyl (C=O) groups excluding carboxylic acids is 2. The van der Waals surface area contributed by atoms with Crippen LogP contribution in [0.15, 0.2) is 52.8 Å². The van der Waals surface area contributed by atoms with E-state index in [9.17, 15) is 9.59 Å². The number of hydrogen-bond donors (Lipinski definition) is 0. The normalized spacial score (nSPS) is 21.1. The summed E-state index contributed by atoms with van der Waals surface area (Å²) in [5, 5.41) is 10.0. The number of halogens is 1. The molecule has 0 saturated carbocycles. The molecule has 0 radical (unpaired) electrons. The number of hydrogen-bond acceptors (Lipinski definition) is 6. The maximum absolute atomic E-state index is 13.0. The second-order valence-electron chi connectivity index (χ2n) is 6.51. The highest BCUT2D eigenvalue weighted by molar-refractivity contribution is 6.33. The quantitative estimate of drug-likeness (QED) is 0.759. The summed E-state index contributed by atoms with van der Waals surface area (Å²) in [6, 6.07) is 11.1. The van der Waals surface area contributed by atoms with Gasteiger partial charge in [0.25, 0.3) is 11.8 Å². The van der Waals surface area contributed by atoms with Gasteiger partial charge in [-0.3, -0.25) is 14.6 Å². The van der Waals surface area contributed by atoms with Gasteiger partial charge < -0.3 is 4.74 Å². The average molecular weight is 385 g/mol. The van der Waals surface area contributed by atoms with Crippen LogP contribution in [-0.2, 0) is 16.1 Å². The topological polar surface area (TPSA) is 74.6 Å². The first-order chi connectivity index (χ1) is 13.0. The van der Waals surface area contributed by atoms with E-state index in [0.717, 1.165) is 16.0 Å². The van der Waals surface area contributed by atoms with Crippen LogP contribution < -0.4 is 9.64 Å². The molecule has 0 bridgehead atoms. The molecule has 0 N–H and O–H groups in total. The third kappa shape index (κ3) is 2.94. The molecule has 2 aliphatic rings. The van der Waals surface area contributed by atoms with Crippen LogP contribution in [0.4, 0.5) is 5.69 Å². The summed E-state index contributed by atoms with van der Waals surface area (Å²) < 4.78 is 5.12. The number of benzene rings is 2. The lowest BCUT2D eigenvalue weighted by molar-refractivity contribution is -0.123. The molecule has 2 amide bonds. The van der Waals surface area contributed by atoms with E-state index < -0.39 is 18.0 Å². The zero-order valence-electron chi connectivity index (χ0n) is 14.8. The largest absolute Gasteiger partial charge is 0.495 e. The third-order valence-electron chi connectivity index (χ3n) is 4.68. The second-order valence-corrected chi connectivity index (χ2v) is 6.92. The van der Waals surface area contributed by atoms with Gasteiger partial charge in [-0.25, -0.2) is 4.90 Å². The molecule has 8 heteroatoms. The minimum atomic E-state index is -0.830. The van der Waals surface area contributed by atoms with E-state index in [0.29, 0.717) is 23.0 Å². The Kier molecular flexibility index (Phi) is 4.31. The minimum absolute atomic E-state index is 0.325. The van der Waals surface area contributed by atoms with Gasteiger partial charge in [-0.05, 0) is 30.7 Å². The Balaban J connectivity index is 1.61. The molecule has 0 aromatic heterocycles. The number of ether oxygens (including phenoxy) is 1. The van der Waals surface area contributed by atoms with Crippen LogP contribution in [0.3, 0.4) is 0 Å². The van der Waals surface area contributed by atoms with Crippen LogP contribution in [0.5, 0.6) is 5.75 Å². The number of nitrogens with zero attached hydrogens (tertiary/aromatic N) is 4. The van der Waals surface area contributed by atoms with Crippen molar-refractivity contribution in [2.45, 2.75) is 25.6 Å². The summed E-state index contributed by atoms with van der Waals surface area (Å²) in [7, 11) is 1.50. The SMILES string of the molecule is COc1ccc(N2C(=O)[C@@H]3[C@@H](N=NN3Cc3cccc(C)c3)C2=O)cc1Cl. The molecule has 138 valence electrons. The smallest absolute Gasteiger partial charge is 0.263 e. The molecule has 2 aromatic rings. The maximum atomic E-state index is 13.0. The number of aryl methyl sites for hydroxylation is 1. The van der Waals surface area contributed by atoms with Gasteiger partial charge in [0.15, 0.2) is 12.1 Å². The lowest BCUT2D eigenvalue weighted by atomic mass is 10.1. The molecule has 1 fully saturated rings. The fraction of sp³-hybridized carbons (Fsp3) is 0.263. The molecule has 2 aliphatic heterocycles. The van der Waals surface area contributed by atoms with Gasteiger partial charge in [0, 0.05) is 0 Å². The van der Waals surface area contributed by atoms with E-state index in [-0.39, 0.29) is 5.91 Å². The van der Waals surface area contributed by atoms with E-state index in [1.807, 2.05) is 31.2 Å². The van der Waals surface area contributed by atoms with Crippen molar-refractivity contribution in [3.8, 4) is 5.75 Å². The summed E-state index contributed by atoms with van der Waals surface area (Å²) >= 11 is 6.15. The lowest BCUT2D eigenvalue weighted by Gasteiger charge is -2.21. The van der Waals surface area contributed by atoms with E-state index >= 15 is 0 Å². The van der Waals surface area contributed by atoms with Crippen LogP contribution in [0, 0.1) is 6.92 Å². The van der Waals surface area contributed by atoms with Crippen molar-refractivity contribution in [2.24, 2.45) is 10.3 Å². The average Bonchev–Trinajstić information content (AvgIpc) is 3.15. The van der Waals surface area contributed by atoms with Crippen molar-refractivity contribution >= 4 is 29.1 Å². The van der Waals surface area contributed by atoms with Gasteiger partial charge in [0.2, 0.25) is 0 Å². The number of rotatable bonds is 4. The van der Waals surface area contributed by atoms with E-state index in [1.54, 1.807) is 23.2 Å². The molecule has 27 heavy (non-hydrogen) atoms. The van der Waals surface area contributed by atoms with Crippen LogP contribution in [0.2, 0.25) is 5.02 Å². The number of imide groups is 1. The zero-order chi connectivity index (χ0) is 19.1. The number of methoxy groups -OCH3 is 1. The van der Waals surface area contributed by atoms with Crippen LogP contribution in [-0.4, -0.2) is 36.0 Å². The molecule has 0 aliphatic carbocycles. The van der Waals surface area contributed by atoms with Crippen LogP contribution >= 0.6 is 11.6 Å². The number of amides is 2. The first-order valence-corrected chi connectivity index (χ1v) is 8.81. The van der Waals surface area contributed by atoms with Crippen molar-refractivity contribution in [2.75, 3.05) is 12.0 Å². The molecule has 1 saturated heterocycles. The Morgan fingerprint density at radius 2 is 1.96 bits per heavy atom. The predicted octanol–water partition coefficient (Wildman–Crippen LogP) is 3.15. The fourth-order valence-electron chi connectivity index (χ4n) is 3.40. The van der Waals surface area contributed by atoms with Crippen molar-refractivity contribution < 1.29 is 14.3 Å². The van der Waals surface area contributed by atoms with Gasteiger partial charge in [0.1, 0.15) is 5.75 Å².